The van der Waals surface area contributed by atoms with Gasteiger partial charge in [-0.05, 0) is 51.3 Å². The molecule has 24 heavy (non-hydrogen) atoms. The van der Waals surface area contributed by atoms with Crippen LogP contribution in [0.2, 0.25) is 0 Å². The predicted molar refractivity (Wildman–Crippen MR) is 101 cm³/mol. The van der Waals surface area contributed by atoms with Crippen molar-refractivity contribution >= 4 is 35.5 Å². The maximum absolute atomic E-state index is 12.8. The van der Waals surface area contributed by atoms with Gasteiger partial charge in [-0.3, -0.25) is 4.79 Å². The Morgan fingerprint density at radius 1 is 1.08 bits per heavy atom. The van der Waals surface area contributed by atoms with Crippen molar-refractivity contribution in [2.45, 2.75) is 6.42 Å². The molecule has 0 N–H and O–H groups in total. The molecule has 0 spiro atoms. The lowest BCUT2D eigenvalue weighted by molar-refractivity contribution is 0.0994. The van der Waals surface area contributed by atoms with Gasteiger partial charge in [0.1, 0.15) is 5.82 Å². The van der Waals surface area contributed by atoms with Crippen molar-refractivity contribution in [2.75, 3.05) is 44.0 Å². The molecular weight excluding hydrogens is 324 g/mol. The standard InChI is InChI=1S/C18H22N4O.ClH/c1-20(2)12-7-13-22-16-10-5-4-9-15(16)21(3)18(23)14-8-6-11-19-17(14)22;/h4-6,8-11H,7,12-13H2,1-3H3;1H. The number of carbonyl (C=O) groups is 1. The maximum atomic E-state index is 12.8. The van der Waals surface area contributed by atoms with E-state index in [1.54, 1.807) is 11.1 Å². The van der Waals surface area contributed by atoms with E-state index in [4.69, 9.17) is 0 Å². The van der Waals surface area contributed by atoms with Gasteiger partial charge in [0.05, 0.1) is 16.9 Å². The monoisotopic (exact) mass is 346 g/mol. The SMILES string of the molecule is CN(C)CCCN1c2ccccc2N(C)C(=O)c2cccnc21.Cl. The van der Waals surface area contributed by atoms with E-state index < -0.39 is 0 Å². The van der Waals surface area contributed by atoms with Gasteiger partial charge in [-0.2, -0.15) is 0 Å². The molecule has 2 heterocycles. The van der Waals surface area contributed by atoms with Gasteiger partial charge in [-0.15, -0.1) is 12.4 Å². The summed E-state index contributed by atoms with van der Waals surface area (Å²) in [5.41, 5.74) is 2.59. The lowest BCUT2D eigenvalue weighted by atomic mass is 10.2. The molecule has 5 nitrogen and oxygen atoms in total. The summed E-state index contributed by atoms with van der Waals surface area (Å²) in [6, 6.07) is 11.7. The average molecular weight is 347 g/mol. The first-order chi connectivity index (χ1) is 11.1. The number of carbonyl (C=O) groups excluding carboxylic acids is 1. The van der Waals surface area contributed by atoms with Gasteiger partial charge >= 0.3 is 0 Å². The van der Waals surface area contributed by atoms with Crippen LogP contribution in [0.4, 0.5) is 17.2 Å². The van der Waals surface area contributed by atoms with E-state index in [-0.39, 0.29) is 18.3 Å². The van der Waals surface area contributed by atoms with Crippen molar-refractivity contribution in [3.8, 4) is 0 Å². The Hall–Kier alpha value is -2.11. The fraction of sp³-hybridized carbons (Fsp3) is 0.333. The number of halogens is 1. The van der Waals surface area contributed by atoms with Crippen molar-refractivity contribution in [1.82, 2.24) is 9.88 Å². The molecule has 0 aliphatic carbocycles. The van der Waals surface area contributed by atoms with Crippen LogP contribution in [0.1, 0.15) is 16.8 Å². The summed E-state index contributed by atoms with van der Waals surface area (Å²) in [4.78, 5) is 23.3. The Morgan fingerprint density at radius 2 is 1.79 bits per heavy atom. The minimum absolute atomic E-state index is 0. The normalized spacial score (nSPS) is 13.2. The zero-order valence-corrected chi connectivity index (χ0v) is 15.1. The highest BCUT2D eigenvalue weighted by Crippen LogP contribution is 2.38. The summed E-state index contributed by atoms with van der Waals surface area (Å²) in [6.07, 6.45) is 2.74. The van der Waals surface area contributed by atoms with Crippen LogP contribution in [0.15, 0.2) is 42.6 Å². The fourth-order valence-corrected chi connectivity index (χ4v) is 2.93. The summed E-state index contributed by atoms with van der Waals surface area (Å²) in [6.45, 7) is 1.81. The van der Waals surface area contributed by atoms with Gasteiger partial charge < -0.3 is 14.7 Å². The average Bonchev–Trinajstić information content (AvgIpc) is 2.65. The second kappa shape index (κ2) is 7.64. The van der Waals surface area contributed by atoms with E-state index in [1.807, 2.05) is 37.4 Å². The molecule has 0 fully saturated rings. The Kier molecular flexibility index (Phi) is 5.80. The number of amides is 1. The van der Waals surface area contributed by atoms with Crippen molar-refractivity contribution in [3.63, 3.8) is 0 Å². The largest absolute Gasteiger partial charge is 0.324 e. The molecule has 0 saturated heterocycles. The van der Waals surface area contributed by atoms with Crippen molar-refractivity contribution < 1.29 is 4.79 Å². The molecule has 3 rings (SSSR count). The number of fused-ring (bicyclic) bond motifs is 2. The molecule has 0 unspecified atom stereocenters. The fourth-order valence-electron chi connectivity index (χ4n) is 2.93. The highest BCUT2D eigenvalue weighted by atomic mass is 35.5. The minimum Gasteiger partial charge on any atom is -0.324 e. The lowest BCUT2D eigenvalue weighted by Gasteiger charge is -2.26. The smallest absolute Gasteiger partial charge is 0.261 e. The molecule has 1 aromatic heterocycles. The van der Waals surface area contributed by atoms with E-state index in [0.29, 0.717) is 5.56 Å². The number of hydrogen-bond acceptors (Lipinski definition) is 4. The molecule has 128 valence electrons. The third-order valence-electron chi connectivity index (χ3n) is 4.10. The van der Waals surface area contributed by atoms with Gasteiger partial charge in [0, 0.05) is 19.8 Å². The molecule has 1 aliphatic rings. The van der Waals surface area contributed by atoms with Crippen molar-refractivity contribution in [3.05, 3.63) is 48.2 Å². The van der Waals surface area contributed by atoms with Crippen LogP contribution in [0, 0.1) is 0 Å². The van der Waals surface area contributed by atoms with E-state index in [1.165, 1.54) is 0 Å². The first-order valence-corrected chi connectivity index (χ1v) is 7.84. The van der Waals surface area contributed by atoms with E-state index in [0.717, 1.165) is 36.7 Å². The van der Waals surface area contributed by atoms with Crippen LogP contribution in [0.3, 0.4) is 0 Å². The van der Waals surface area contributed by atoms with Crippen LogP contribution in [0.5, 0.6) is 0 Å². The van der Waals surface area contributed by atoms with Gasteiger partial charge in [0.25, 0.3) is 5.91 Å². The molecule has 0 atom stereocenters. The molecule has 2 aromatic rings. The van der Waals surface area contributed by atoms with Gasteiger partial charge in [0.2, 0.25) is 0 Å². The zero-order chi connectivity index (χ0) is 16.4. The predicted octanol–water partition coefficient (Wildman–Crippen LogP) is 3.18. The minimum atomic E-state index is -0.0179. The van der Waals surface area contributed by atoms with Crippen molar-refractivity contribution in [2.24, 2.45) is 0 Å². The molecule has 1 aliphatic heterocycles. The molecule has 0 saturated carbocycles. The van der Waals surface area contributed by atoms with Crippen LogP contribution in [0.25, 0.3) is 0 Å². The number of para-hydroxylation sites is 2. The number of aromatic nitrogens is 1. The van der Waals surface area contributed by atoms with Gasteiger partial charge in [0.15, 0.2) is 0 Å². The Labute approximate surface area is 149 Å². The van der Waals surface area contributed by atoms with E-state index in [9.17, 15) is 4.79 Å². The summed E-state index contributed by atoms with van der Waals surface area (Å²) in [7, 11) is 5.96. The highest BCUT2D eigenvalue weighted by Gasteiger charge is 2.29. The van der Waals surface area contributed by atoms with E-state index in [2.05, 4.69) is 34.9 Å². The van der Waals surface area contributed by atoms with Gasteiger partial charge in [-0.1, -0.05) is 12.1 Å². The van der Waals surface area contributed by atoms with Crippen LogP contribution in [-0.4, -0.2) is 50.0 Å². The second-order valence-corrected chi connectivity index (χ2v) is 6.04. The number of rotatable bonds is 4. The van der Waals surface area contributed by atoms with Crippen molar-refractivity contribution in [1.29, 1.82) is 0 Å². The summed E-state index contributed by atoms with van der Waals surface area (Å²) in [5.74, 6) is 0.726. The van der Waals surface area contributed by atoms with E-state index >= 15 is 0 Å². The summed E-state index contributed by atoms with van der Waals surface area (Å²) >= 11 is 0. The zero-order valence-electron chi connectivity index (χ0n) is 14.3. The number of anilines is 3. The molecule has 1 amide bonds. The molecule has 0 radical (unpaired) electrons. The first-order valence-electron chi connectivity index (χ1n) is 7.84. The first kappa shape index (κ1) is 18.2. The maximum Gasteiger partial charge on any atom is 0.261 e. The third kappa shape index (κ3) is 3.37. The van der Waals surface area contributed by atoms with Crippen LogP contribution < -0.4 is 9.80 Å². The molecule has 6 heteroatoms. The Balaban J connectivity index is 0.00000208. The summed E-state index contributed by atoms with van der Waals surface area (Å²) < 4.78 is 0. The third-order valence-corrected chi connectivity index (χ3v) is 4.10. The van der Waals surface area contributed by atoms with Gasteiger partial charge in [-0.25, -0.2) is 4.98 Å². The second-order valence-electron chi connectivity index (χ2n) is 6.04. The van der Waals surface area contributed by atoms with Crippen LogP contribution in [-0.2, 0) is 0 Å². The number of benzene rings is 1. The molecule has 1 aromatic carbocycles. The summed E-state index contributed by atoms with van der Waals surface area (Å²) in [5, 5.41) is 0. The molecule has 0 bridgehead atoms. The number of hydrogen-bond donors (Lipinski definition) is 0. The molecular formula is C18H23ClN4O. The number of nitrogens with zero attached hydrogens (tertiary/aromatic N) is 4. The highest BCUT2D eigenvalue weighted by molar-refractivity contribution is 6.12. The quantitative estimate of drug-likeness (QED) is 0.852. The number of pyridine rings is 1. The Bertz CT molecular complexity index is 720. The lowest BCUT2D eigenvalue weighted by Crippen LogP contribution is -2.25. The Morgan fingerprint density at radius 3 is 2.50 bits per heavy atom. The van der Waals surface area contributed by atoms with Crippen LogP contribution >= 0.6 is 12.4 Å². The topological polar surface area (TPSA) is 39.7 Å².